The van der Waals surface area contributed by atoms with Crippen molar-refractivity contribution in [3.63, 3.8) is 0 Å². The maximum atomic E-state index is 12.3. The van der Waals surface area contributed by atoms with Crippen LogP contribution >= 0.6 is 23.2 Å². The summed E-state index contributed by atoms with van der Waals surface area (Å²) >= 11 is 12.0. The van der Waals surface area contributed by atoms with Gasteiger partial charge in [0.1, 0.15) is 18.0 Å². The maximum Gasteiger partial charge on any atom is 0.324 e. The number of benzene rings is 2. The summed E-state index contributed by atoms with van der Waals surface area (Å²) in [5.41, 5.74) is 1.78. The van der Waals surface area contributed by atoms with Gasteiger partial charge in [0.25, 0.3) is 0 Å². The van der Waals surface area contributed by atoms with Crippen molar-refractivity contribution in [3.8, 4) is 0 Å². The Kier molecular flexibility index (Phi) is 6.86. The Morgan fingerprint density at radius 3 is 2.45 bits per heavy atom. The largest absolute Gasteiger partial charge is 0.354 e. The third kappa shape index (κ3) is 5.85. The molecule has 1 aliphatic rings. The number of nitrogens with one attached hydrogen (secondary N) is 2. The van der Waals surface area contributed by atoms with Crippen LogP contribution in [-0.4, -0.2) is 47.1 Å². The van der Waals surface area contributed by atoms with Crippen LogP contribution in [0.2, 0.25) is 10.0 Å². The molecule has 1 fully saturated rings. The highest BCUT2D eigenvalue weighted by Gasteiger charge is 2.19. The van der Waals surface area contributed by atoms with Gasteiger partial charge in [-0.2, -0.15) is 0 Å². The van der Waals surface area contributed by atoms with E-state index < -0.39 is 6.03 Å². The summed E-state index contributed by atoms with van der Waals surface area (Å²) in [6.45, 7) is 4.54. The van der Waals surface area contributed by atoms with Gasteiger partial charge in [0.05, 0.1) is 10.7 Å². The highest BCUT2D eigenvalue weighted by molar-refractivity contribution is 6.36. The molecule has 2 amide bonds. The summed E-state index contributed by atoms with van der Waals surface area (Å²) in [6, 6.07) is 16.7. The molecule has 1 saturated heterocycles. The Balaban J connectivity index is 1.32. The minimum atomic E-state index is -0.443. The monoisotopic (exact) mass is 456 g/mol. The minimum Gasteiger partial charge on any atom is -0.354 e. The first kappa shape index (κ1) is 21.4. The van der Waals surface area contributed by atoms with Gasteiger partial charge in [0.15, 0.2) is 0 Å². The van der Waals surface area contributed by atoms with Crippen LogP contribution in [0.4, 0.5) is 22.1 Å². The Labute approximate surface area is 191 Å². The molecule has 3 aromatic rings. The molecule has 160 valence electrons. The van der Waals surface area contributed by atoms with E-state index in [2.05, 4.69) is 54.7 Å². The van der Waals surface area contributed by atoms with Crippen molar-refractivity contribution in [2.75, 3.05) is 41.7 Å². The number of halogens is 2. The average molecular weight is 457 g/mol. The molecule has 0 saturated carbocycles. The lowest BCUT2D eigenvalue weighted by Gasteiger charge is -2.35. The second kappa shape index (κ2) is 9.96. The molecule has 31 heavy (non-hydrogen) atoms. The van der Waals surface area contributed by atoms with Crippen LogP contribution in [0.3, 0.4) is 0 Å². The standard InChI is InChI=1S/C22H22Cl2N6O/c23-17-6-7-19(18(24)12-17)27-22(31)28-20-13-21(26-15-25-20)30-10-8-29(9-11-30)14-16-4-2-1-3-5-16/h1-7,12-13,15H,8-11,14H2,(H2,25,26,27,28,31). The highest BCUT2D eigenvalue weighted by Crippen LogP contribution is 2.25. The van der Waals surface area contributed by atoms with Gasteiger partial charge in [0, 0.05) is 43.8 Å². The topological polar surface area (TPSA) is 73.4 Å². The molecule has 0 unspecified atom stereocenters. The summed E-state index contributed by atoms with van der Waals surface area (Å²) in [7, 11) is 0. The lowest BCUT2D eigenvalue weighted by Crippen LogP contribution is -2.46. The number of aromatic nitrogens is 2. The highest BCUT2D eigenvalue weighted by atomic mass is 35.5. The molecule has 0 spiro atoms. The van der Waals surface area contributed by atoms with Crippen molar-refractivity contribution in [2.24, 2.45) is 0 Å². The molecular formula is C22H22Cl2N6O. The molecule has 1 aromatic heterocycles. The van der Waals surface area contributed by atoms with Crippen LogP contribution in [0.25, 0.3) is 0 Å². The fraction of sp³-hybridized carbons (Fsp3) is 0.227. The van der Waals surface area contributed by atoms with Gasteiger partial charge < -0.3 is 10.2 Å². The van der Waals surface area contributed by atoms with E-state index >= 15 is 0 Å². The van der Waals surface area contributed by atoms with Crippen molar-refractivity contribution >= 4 is 46.6 Å². The summed E-state index contributed by atoms with van der Waals surface area (Å²) in [4.78, 5) is 25.5. The SMILES string of the molecule is O=C(Nc1cc(N2CCN(Cc3ccccc3)CC2)ncn1)Nc1ccc(Cl)cc1Cl. The maximum absolute atomic E-state index is 12.3. The number of amides is 2. The lowest BCUT2D eigenvalue weighted by atomic mass is 10.2. The molecule has 4 rings (SSSR count). The summed E-state index contributed by atoms with van der Waals surface area (Å²) in [5.74, 6) is 1.20. The van der Waals surface area contributed by atoms with E-state index in [1.807, 2.05) is 6.07 Å². The van der Waals surface area contributed by atoms with Crippen LogP contribution in [0, 0.1) is 0 Å². The number of urea groups is 1. The van der Waals surface area contributed by atoms with Gasteiger partial charge in [-0.15, -0.1) is 0 Å². The molecule has 2 heterocycles. The van der Waals surface area contributed by atoms with Crippen molar-refractivity contribution in [2.45, 2.75) is 6.54 Å². The first-order valence-corrected chi connectivity index (χ1v) is 10.7. The zero-order chi connectivity index (χ0) is 21.6. The Morgan fingerprint density at radius 2 is 1.71 bits per heavy atom. The summed E-state index contributed by atoms with van der Waals surface area (Å²) in [5, 5.41) is 6.28. The lowest BCUT2D eigenvalue weighted by molar-refractivity contribution is 0.249. The Hall–Kier alpha value is -2.87. The number of hydrogen-bond donors (Lipinski definition) is 2. The summed E-state index contributed by atoms with van der Waals surface area (Å²) < 4.78 is 0. The van der Waals surface area contributed by atoms with E-state index in [9.17, 15) is 4.79 Å². The smallest absolute Gasteiger partial charge is 0.324 e. The predicted octanol–water partition coefficient (Wildman–Crippen LogP) is 4.75. The number of piperazine rings is 1. The van der Waals surface area contributed by atoms with E-state index in [1.54, 1.807) is 24.3 Å². The average Bonchev–Trinajstić information content (AvgIpc) is 2.77. The number of rotatable bonds is 5. The van der Waals surface area contributed by atoms with Crippen LogP contribution in [0.15, 0.2) is 60.9 Å². The number of anilines is 3. The van der Waals surface area contributed by atoms with Gasteiger partial charge in [-0.1, -0.05) is 53.5 Å². The van der Waals surface area contributed by atoms with E-state index in [0.29, 0.717) is 21.6 Å². The van der Waals surface area contributed by atoms with Crippen molar-refractivity contribution in [1.29, 1.82) is 0 Å². The third-order valence-corrected chi connectivity index (χ3v) is 5.57. The molecule has 0 bridgehead atoms. The quantitative estimate of drug-likeness (QED) is 0.579. The molecule has 7 nitrogen and oxygen atoms in total. The number of carbonyl (C=O) groups is 1. The molecule has 0 aliphatic carbocycles. The van der Waals surface area contributed by atoms with Crippen LogP contribution in [0.1, 0.15) is 5.56 Å². The summed E-state index contributed by atoms with van der Waals surface area (Å²) in [6.07, 6.45) is 1.45. The van der Waals surface area contributed by atoms with Gasteiger partial charge >= 0.3 is 6.03 Å². The van der Waals surface area contributed by atoms with Crippen molar-refractivity contribution in [3.05, 3.63) is 76.5 Å². The molecular weight excluding hydrogens is 435 g/mol. The zero-order valence-corrected chi connectivity index (χ0v) is 18.3. The van der Waals surface area contributed by atoms with E-state index in [1.165, 1.54) is 11.9 Å². The fourth-order valence-electron chi connectivity index (χ4n) is 3.43. The molecule has 2 N–H and O–H groups in total. The second-order valence-corrected chi connectivity index (χ2v) is 8.06. The number of carbonyl (C=O) groups excluding carboxylic acids is 1. The van der Waals surface area contributed by atoms with Gasteiger partial charge in [-0.3, -0.25) is 10.2 Å². The van der Waals surface area contributed by atoms with E-state index in [4.69, 9.17) is 23.2 Å². The van der Waals surface area contributed by atoms with Gasteiger partial charge in [0.2, 0.25) is 0 Å². The molecule has 0 radical (unpaired) electrons. The predicted molar refractivity (Wildman–Crippen MR) is 125 cm³/mol. The van der Waals surface area contributed by atoms with Crippen molar-refractivity contribution in [1.82, 2.24) is 14.9 Å². The van der Waals surface area contributed by atoms with Crippen LogP contribution in [-0.2, 0) is 6.54 Å². The Bertz CT molecular complexity index is 1040. The molecule has 0 atom stereocenters. The van der Waals surface area contributed by atoms with Gasteiger partial charge in [-0.25, -0.2) is 14.8 Å². The van der Waals surface area contributed by atoms with Crippen LogP contribution in [0.5, 0.6) is 0 Å². The third-order valence-electron chi connectivity index (χ3n) is 5.02. The minimum absolute atomic E-state index is 0.361. The van der Waals surface area contributed by atoms with Crippen LogP contribution < -0.4 is 15.5 Å². The fourth-order valence-corrected chi connectivity index (χ4v) is 3.88. The number of hydrogen-bond acceptors (Lipinski definition) is 5. The zero-order valence-electron chi connectivity index (χ0n) is 16.8. The molecule has 9 heteroatoms. The number of nitrogens with zero attached hydrogens (tertiary/aromatic N) is 4. The first-order chi connectivity index (χ1) is 15.1. The Morgan fingerprint density at radius 1 is 0.935 bits per heavy atom. The molecule has 2 aromatic carbocycles. The second-order valence-electron chi connectivity index (χ2n) is 7.21. The van der Waals surface area contributed by atoms with Crippen molar-refractivity contribution < 1.29 is 4.79 Å². The van der Waals surface area contributed by atoms with Gasteiger partial charge in [-0.05, 0) is 23.8 Å². The normalized spacial score (nSPS) is 14.3. The van der Waals surface area contributed by atoms with E-state index in [0.717, 1.165) is 38.5 Å². The van der Waals surface area contributed by atoms with E-state index in [-0.39, 0.29) is 0 Å². The first-order valence-electron chi connectivity index (χ1n) is 9.93. The molecule has 1 aliphatic heterocycles.